The lowest BCUT2D eigenvalue weighted by Gasteiger charge is -2.20. The molecule has 0 aromatic heterocycles. The third kappa shape index (κ3) is 1.73. The third-order valence-corrected chi connectivity index (χ3v) is 1.62. The van der Waals surface area contributed by atoms with E-state index in [2.05, 4.69) is 5.92 Å². The minimum absolute atomic E-state index is 0.396. The molecule has 10 heavy (non-hydrogen) atoms. The lowest BCUT2D eigenvalue weighted by atomic mass is 10.2. The van der Waals surface area contributed by atoms with Crippen molar-refractivity contribution in [1.82, 2.24) is 0 Å². The summed E-state index contributed by atoms with van der Waals surface area (Å²) in [6, 6.07) is 0. The van der Waals surface area contributed by atoms with Crippen molar-refractivity contribution in [3.05, 3.63) is 0 Å². The molecule has 1 heterocycles. The second-order valence-corrected chi connectivity index (χ2v) is 2.53. The van der Waals surface area contributed by atoms with Crippen molar-refractivity contribution in [1.29, 1.82) is 0 Å². The van der Waals surface area contributed by atoms with Crippen LogP contribution in [-0.2, 0) is 9.47 Å². The van der Waals surface area contributed by atoms with E-state index < -0.39 is 5.79 Å². The zero-order chi connectivity index (χ0) is 7.45. The van der Waals surface area contributed by atoms with E-state index in [9.17, 15) is 0 Å². The summed E-state index contributed by atoms with van der Waals surface area (Å²) >= 11 is 0. The van der Waals surface area contributed by atoms with E-state index in [0.717, 1.165) is 12.8 Å². The van der Waals surface area contributed by atoms with Crippen molar-refractivity contribution in [3.8, 4) is 12.3 Å². The Labute approximate surface area is 61.5 Å². The molecule has 2 nitrogen and oxygen atoms in total. The Morgan fingerprint density at radius 3 is 2.60 bits per heavy atom. The molecule has 1 rings (SSSR count). The molecule has 1 aliphatic rings. The maximum absolute atomic E-state index is 5.32. The van der Waals surface area contributed by atoms with Gasteiger partial charge in [0.1, 0.15) is 0 Å². The van der Waals surface area contributed by atoms with Crippen LogP contribution in [0.5, 0.6) is 0 Å². The summed E-state index contributed by atoms with van der Waals surface area (Å²) in [6.07, 6.45) is 6.62. The van der Waals surface area contributed by atoms with Gasteiger partial charge in [0.2, 0.25) is 0 Å². The molecule has 0 aliphatic carbocycles. The lowest BCUT2D eigenvalue weighted by Crippen LogP contribution is -2.24. The summed E-state index contributed by atoms with van der Waals surface area (Å²) in [5.74, 6) is 2.16. The zero-order valence-corrected chi connectivity index (χ0v) is 6.22. The maximum Gasteiger partial charge on any atom is 0.166 e. The van der Waals surface area contributed by atoms with Crippen LogP contribution < -0.4 is 0 Å². The zero-order valence-electron chi connectivity index (χ0n) is 6.22. The quantitative estimate of drug-likeness (QED) is 0.536. The summed E-state index contributed by atoms with van der Waals surface area (Å²) in [6.45, 7) is 3.32. The van der Waals surface area contributed by atoms with Gasteiger partial charge >= 0.3 is 0 Å². The molecule has 0 atom stereocenters. The van der Waals surface area contributed by atoms with E-state index in [1.54, 1.807) is 0 Å². The standard InChI is InChI=1S/C8H12O2/c1-3-4-5-8(2)9-6-7-10-8/h1H,4-7H2,2H3. The number of rotatable bonds is 2. The van der Waals surface area contributed by atoms with E-state index in [0.29, 0.717) is 13.2 Å². The van der Waals surface area contributed by atoms with Crippen LogP contribution >= 0.6 is 0 Å². The summed E-state index contributed by atoms with van der Waals surface area (Å²) in [5.41, 5.74) is 0. The lowest BCUT2D eigenvalue weighted by molar-refractivity contribution is -0.145. The predicted molar refractivity (Wildman–Crippen MR) is 38.4 cm³/mol. The van der Waals surface area contributed by atoms with E-state index in [-0.39, 0.29) is 0 Å². The number of ether oxygens (including phenoxy) is 2. The van der Waals surface area contributed by atoms with Gasteiger partial charge < -0.3 is 9.47 Å². The van der Waals surface area contributed by atoms with Crippen LogP contribution in [0.15, 0.2) is 0 Å². The first-order valence-corrected chi connectivity index (χ1v) is 3.48. The van der Waals surface area contributed by atoms with E-state index in [1.807, 2.05) is 6.92 Å². The highest BCUT2D eigenvalue weighted by molar-refractivity contribution is 4.86. The molecule has 1 saturated heterocycles. The normalized spacial score (nSPS) is 22.4. The predicted octanol–water partition coefficient (Wildman–Crippen LogP) is 1.16. The van der Waals surface area contributed by atoms with Crippen LogP contribution in [0, 0.1) is 12.3 Å². The minimum Gasteiger partial charge on any atom is -0.348 e. The first-order valence-electron chi connectivity index (χ1n) is 3.48. The second-order valence-electron chi connectivity index (χ2n) is 2.53. The molecule has 0 bridgehead atoms. The van der Waals surface area contributed by atoms with E-state index >= 15 is 0 Å². The summed E-state index contributed by atoms with van der Waals surface area (Å²) in [4.78, 5) is 0. The molecule has 0 N–H and O–H groups in total. The van der Waals surface area contributed by atoms with Gasteiger partial charge in [-0.05, 0) is 6.92 Å². The molecule has 0 spiro atoms. The van der Waals surface area contributed by atoms with Crippen molar-refractivity contribution in [3.63, 3.8) is 0 Å². The SMILES string of the molecule is C#CCCC1(C)OCCO1. The number of terminal acetylenes is 1. The van der Waals surface area contributed by atoms with Crippen LogP contribution in [-0.4, -0.2) is 19.0 Å². The first-order chi connectivity index (χ1) is 4.77. The van der Waals surface area contributed by atoms with Gasteiger partial charge in [0.05, 0.1) is 13.2 Å². The van der Waals surface area contributed by atoms with Crippen LogP contribution in [0.3, 0.4) is 0 Å². The second kappa shape index (κ2) is 3.05. The molecule has 1 fully saturated rings. The van der Waals surface area contributed by atoms with Gasteiger partial charge in [0.15, 0.2) is 5.79 Å². The topological polar surface area (TPSA) is 18.5 Å². The van der Waals surface area contributed by atoms with E-state index in [1.165, 1.54) is 0 Å². The largest absolute Gasteiger partial charge is 0.348 e. The van der Waals surface area contributed by atoms with Gasteiger partial charge in [-0.1, -0.05) is 0 Å². The number of hydrogen-bond donors (Lipinski definition) is 0. The minimum atomic E-state index is -0.396. The average Bonchev–Trinajstić information content (AvgIpc) is 2.33. The Morgan fingerprint density at radius 1 is 1.50 bits per heavy atom. The monoisotopic (exact) mass is 140 g/mol. The molecule has 0 aromatic rings. The molecular formula is C8H12O2. The van der Waals surface area contributed by atoms with Gasteiger partial charge in [0, 0.05) is 12.8 Å². The summed E-state index contributed by atoms with van der Waals surface area (Å²) in [7, 11) is 0. The Hall–Kier alpha value is -0.520. The van der Waals surface area contributed by atoms with Crippen molar-refractivity contribution >= 4 is 0 Å². The van der Waals surface area contributed by atoms with Gasteiger partial charge in [0.25, 0.3) is 0 Å². The summed E-state index contributed by atoms with van der Waals surface area (Å²) in [5, 5.41) is 0. The highest BCUT2D eigenvalue weighted by atomic mass is 16.7. The summed E-state index contributed by atoms with van der Waals surface area (Å²) < 4.78 is 10.6. The fourth-order valence-electron chi connectivity index (χ4n) is 1.00. The molecule has 2 heteroatoms. The fourth-order valence-corrected chi connectivity index (χ4v) is 1.00. The van der Waals surface area contributed by atoms with Crippen molar-refractivity contribution in [2.24, 2.45) is 0 Å². The van der Waals surface area contributed by atoms with Crippen molar-refractivity contribution in [2.75, 3.05) is 13.2 Å². The highest BCUT2D eigenvalue weighted by Gasteiger charge is 2.29. The molecule has 0 saturated carbocycles. The van der Waals surface area contributed by atoms with Crippen LogP contribution in [0.25, 0.3) is 0 Å². The molecule has 0 amide bonds. The smallest absolute Gasteiger partial charge is 0.166 e. The average molecular weight is 140 g/mol. The van der Waals surface area contributed by atoms with Gasteiger partial charge in [-0.3, -0.25) is 0 Å². The fraction of sp³-hybridized carbons (Fsp3) is 0.750. The molecule has 0 aromatic carbocycles. The molecule has 0 radical (unpaired) electrons. The van der Waals surface area contributed by atoms with Crippen LogP contribution in [0.2, 0.25) is 0 Å². The van der Waals surface area contributed by atoms with Crippen LogP contribution in [0.1, 0.15) is 19.8 Å². The van der Waals surface area contributed by atoms with Gasteiger partial charge in [-0.2, -0.15) is 0 Å². The molecule has 0 unspecified atom stereocenters. The maximum atomic E-state index is 5.32. The van der Waals surface area contributed by atoms with Crippen molar-refractivity contribution in [2.45, 2.75) is 25.6 Å². The van der Waals surface area contributed by atoms with E-state index in [4.69, 9.17) is 15.9 Å². The van der Waals surface area contributed by atoms with Gasteiger partial charge in [-0.25, -0.2) is 0 Å². The Morgan fingerprint density at radius 2 is 2.10 bits per heavy atom. The molecule has 56 valence electrons. The number of hydrogen-bond acceptors (Lipinski definition) is 2. The van der Waals surface area contributed by atoms with Crippen molar-refractivity contribution < 1.29 is 9.47 Å². The third-order valence-electron chi connectivity index (χ3n) is 1.62. The first kappa shape index (κ1) is 7.59. The Balaban J connectivity index is 2.30. The van der Waals surface area contributed by atoms with Gasteiger partial charge in [-0.15, -0.1) is 12.3 Å². The Bertz CT molecular complexity index is 140. The molecule has 1 aliphatic heterocycles. The highest BCUT2D eigenvalue weighted by Crippen LogP contribution is 2.23. The molecular weight excluding hydrogens is 128 g/mol. The Kier molecular flexibility index (Phi) is 2.31. The van der Waals surface area contributed by atoms with Crippen LogP contribution in [0.4, 0.5) is 0 Å².